The van der Waals surface area contributed by atoms with Crippen molar-refractivity contribution in [2.45, 2.75) is 19.6 Å². The second-order valence-corrected chi connectivity index (χ2v) is 10.3. The summed E-state index contributed by atoms with van der Waals surface area (Å²) in [4.78, 5) is -4.73. The van der Waals surface area contributed by atoms with Crippen LogP contribution in [0, 0.1) is 0 Å². The Morgan fingerprint density at radius 3 is 1.40 bits per heavy atom. The van der Waals surface area contributed by atoms with Crippen LogP contribution in [-0.4, -0.2) is 58.8 Å². The second kappa shape index (κ2) is 6.61. The summed E-state index contributed by atoms with van der Waals surface area (Å²) in [6.07, 6.45) is 0. The molecule has 164 valence electrons. The fraction of sp³-hybridized carbons (Fsp3) is 0.143. The van der Waals surface area contributed by atoms with Crippen molar-refractivity contribution in [3.8, 4) is 34.5 Å². The van der Waals surface area contributed by atoms with Gasteiger partial charge in [0.25, 0.3) is 0 Å². The molecule has 1 aliphatic rings. The highest BCUT2D eigenvalue weighted by molar-refractivity contribution is 7.92. The standard InChI is InChI=1S/C14H12O13S3/c1-25-5-3-7-11(13(9(5)15)29(19,20)21)27-12-8(28(7,17)18)4-6(26-2)10(16)14(12)30(22,23)24/h3-4,15-16H,1-2H3,(H,19,20,21)(H,22,23,24). The number of benzene rings is 2. The van der Waals surface area contributed by atoms with E-state index in [1.807, 2.05) is 0 Å². The lowest BCUT2D eigenvalue weighted by molar-refractivity contribution is 0.337. The molecule has 16 heteroatoms. The lowest BCUT2D eigenvalue weighted by Crippen LogP contribution is -2.17. The Hall–Kier alpha value is -2.79. The minimum absolute atomic E-state index is 0.669. The smallest absolute Gasteiger partial charge is 0.302 e. The SMILES string of the molecule is COc1cc2c(c(S(=O)(=O)O)c1O)Oc1c(cc(OC)c(O)c1S(=O)(=O)O)S2(=O)=O. The first kappa shape index (κ1) is 21.9. The van der Waals surface area contributed by atoms with Gasteiger partial charge < -0.3 is 24.4 Å². The van der Waals surface area contributed by atoms with Crippen LogP contribution in [0.3, 0.4) is 0 Å². The molecule has 2 aromatic carbocycles. The van der Waals surface area contributed by atoms with E-state index in [0.717, 1.165) is 14.2 Å². The molecule has 0 aliphatic carbocycles. The number of phenolic OH excluding ortho intramolecular Hbond substituents is 2. The molecule has 0 amide bonds. The van der Waals surface area contributed by atoms with Gasteiger partial charge in [-0.1, -0.05) is 0 Å². The summed E-state index contributed by atoms with van der Waals surface area (Å²) in [5, 5.41) is 20.2. The summed E-state index contributed by atoms with van der Waals surface area (Å²) in [6.45, 7) is 0. The van der Waals surface area contributed by atoms with Gasteiger partial charge in [-0.3, -0.25) is 9.11 Å². The Balaban J connectivity index is 2.59. The fourth-order valence-electron chi connectivity index (χ4n) is 2.77. The van der Waals surface area contributed by atoms with Gasteiger partial charge in [0.2, 0.25) is 9.84 Å². The van der Waals surface area contributed by atoms with Gasteiger partial charge >= 0.3 is 20.2 Å². The molecule has 13 nitrogen and oxygen atoms in total. The van der Waals surface area contributed by atoms with Crippen molar-refractivity contribution < 1.29 is 58.8 Å². The molecule has 0 aromatic heterocycles. The van der Waals surface area contributed by atoms with Gasteiger partial charge in [0.15, 0.2) is 44.3 Å². The molecule has 1 heterocycles. The Labute approximate surface area is 169 Å². The molecular formula is C14H12O13S3. The molecule has 1 aliphatic heterocycles. The van der Waals surface area contributed by atoms with Gasteiger partial charge in [-0.2, -0.15) is 16.8 Å². The van der Waals surface area contributed by atoms with Crippen molar-refractivity contribution in [2.24, 2.45) is 0 Å². The molecule has 0 saturated heterocycles. The summed E-state index contributed by atoms with van der Waals surface area (Å²) >= 11 is 0. The van der Waals surface area contributed by atoms with Gasteiger partial charge in [0.1, 0.15) is 9.79 Å². The number of phenols is 2. The molecule has 2 aromatic rings. The Morgan fingerprint density at radius 2 is 1.13 bits per heavy atom. The van der Waals surface area contributed by atoms with Gasteiger partial charge in [-0.15, -0.1) is 0 Å². The molecule has 30 heavy (non-hydrogen) atoms. The van der Waals surface area contributed by atoms with Crippen molar-refractivity contribution in [2.75, 3.05) is 14.2 Å². The summed E-state index contributed by atoms with van der Waals surface area (Å²) in [6, 6.07) is 1.34. The van der Waals surface area contributed by atoms with Crippen LogP contribution >= 0.6 is 0 Å². The minimum Gasteiger partial charge on any atom is -0.503 e. The minimum atomic E-state index is -5.35. The molecule has 0 radical (unpaired) electrons. The number of aromatic hydroxyl groups is 2. The predicted molar refractivity (Wildman–Crippen MR) is 94.5 cm³/mol. The number of ether oxygens (including phenoxy) is 3. The van der Waals surface area contributed by atoms with Crippen LogP contribution in [0.4, 0.5) is 0 Å². The lowest BCUT2D eigenvalue weighted by atomic mass is 10.2. The quantitative estimate of drug-likeness (QED) is 0.373. The van der Waals surface area contributed by atoms with Crippen LogP contribution in [0.1, 0.15) is 0 Å². The van der Waals surface area contributed by atoms with Crippen molar-refractivity contribution in [1.29, 1.82) is 0 Å². The first-order valence-electron chi connectivity index (χ1n) is 7.42. The van der Waals surface area contributed by atoms with E-state index in [0.29, 0.717) is 12.1 Å². The van der Waals surface area contributed by atoms with Crippen LogP contribution in [0.15, 0.2) is 31.7 Å². The van der Waals surface area contributed by atoms with Crippen LogP contribution < -0.4 is 14.2 Å². The van der Waals surface area contributed by atoms with Crippen LogP contribution in [-0.2, 0) is 30.1 Å². The van der Waals surface area contributed by atoms with Gasteiger partial charge in [-0.25, -0.2) is 8.42 Å². The van der Waals surface area contributed by atoms with E-state index in [1.165, 1.54) is 0 Å². The number of fused-ring (bicyclic) bond motifs is 2. The van der Waals surface area contributed by atoms with E-state index in [9.17, 15) is 44.6 Å². The third-order valence-electron chi connectivity index (χ3n) is 4.02. The fourth-order valence-corrected chi connectivity index (χ4v) is 5.90. The van der Waals surface area contributed by atoms with E-state index in [-0.39, 0.29) is 0 Å². The van der Waals surface area contributed by atoms with Crippen LogP contribution in [0.2, 0.25) is 0 Å². The van der Waals surface area contributed by atoms with Crippen LogP contribution in [0.25, 0.3) is 0 Å². The van der Waals surface area contributed by atoms with E-state index in [2.05, 4.69) is 0 Å². The summed E-state index contributed by atoms with van der Waals surface area (Å²) < 4.78 is 107. The summed E-state index contributed by atoms with van der Waals surface area (Å²) in [5.74, 6) is -6.17. The van der Waals surface area contributed by atoms with E-state index in [4.69, 9.17) is 14.2 Å². The normalized spacial score (nSPS) is 14.9. The zero-order valence-electron chi connectivity index (χ0n) is 14.8. The topological polar surface area (TPSA) is 211 Å². The monoisotopic (exact) mass is 484 g/mol. The maximum absolute atomic E-state index is 13.1. The number of sulfone groups is 1. The highest BCUT2D eigenvalue weighted by Crippen LogP contribution is 2.55. The highest BCUT2D eigenvalue weighted by Gasteiger charge is 2.43. The molecule has 0 saturated carbocycles. The third kappa shape index (κ3) is 3.08. The van der Waals surface area contributed by atoms with E-state index < -0.39 is 84.2 Å². The average molecular weight is 484 g/mol. The summed E-state index contributed by atoms with van der Waals surface area (Å²) in [5.41, 5.74) is 0. The maximum atomic E-state index is 13.1. The average Bonchev–Trinajstić information content (AvgIpc) is 2.58. The molecule has 3 rings (SSSR count). The third-order valence-corrected chi connectivity index (χ3v) is 7.57. The van der Waals surface area contributed by atoms with Crippen molar-refractivity contribution in [1.82, 2.24) is 0 Å². The lowest BCUT2D eigenvalue weighted by Gasteiger charge is -2.25. The molecule has 0 bridgehead atoms. The molecular weight excluding hydrogens is 472 g/mol. The Bertz CT molecular complexity index is 1300. The van der Waals surface area contributed by atoms with Gasteiger partial charge in [0, 0.05) is 12.1 Å². The van der Waals surface area contributed by atoms with E-state index >= 15 is 0 Å². The zero-order valence-corrected chi connectivity index (χ0v) is 17.3. The van der Waals surface area contributed by atoms with Gasteiger partial charge in [0.05, 0.1) is 14.2 Å². The number of hydrogen-bond acceptors (Lipinski definition) is 11. The van der Waals surface area contributed by atoms with Gasteiger partial charge in [-0.05, 0) is 0 Å². The van der Waals surface area contributed by atoms with Crippen molar-refractivity contribution in [3.63, 3.8) is 0 Å². The first-order valence-corrected chi connectivity index (χ1v) is 11.8. The number of rotatable bonds is 4. The first-order chi connectivity index (χ1) is 13.7. The molecule has 4 N–H and O–H groups in total. The Kier molecular flexibility index (Phi) is 4.83. The zero-order chi connectivity index (χ0) is 22.8. The predicted octanol–water partition coefficient (Wildman–Crippen LogP) is 0.547. The molecule has 0 unspecified atom stereocenters. The Morgan fingerprint density at radius 1 is 0.800 bits per heavy atom. The van der Waals surface area contributed by atoms with E-state index in [1.54, 1.807) is 0 Å². The number of hydrogen-bond donors (Lipinski definition) is 4. The van der Waals surface area contributed by atoms with Crippen molar-refractivity contribution in [3.05, 3.63) is 12.1 Å². The summed E-state index contributed by atoms with van der Waals surface area (Å²) in [7, 11) is -13.6. The maximum Gasteiger partial charge on any atom is 0.302 e. The molecule has 0 fully saturated rings. The number of methoxy groups -OCH3 is 2. The largest absolute Gasteiger partial charge is 0.503 e. The van der Waals surface area contributed by atoms with Crippen molar-refractivity contribution >= 4 is 30.1 Å². The van der Waals surface area contributed by atoms with Crippen LogP contribution in [0.5, 0.6) is 34.5 Å². The second-order valence-electron chi connectivity index (χ2n) is 5.72. The molecule has 0 atom stereocenters. The molecule has 0 spiro atoms. The highest BCUT2D eigenvalue weighted by atomic mass is 32.2.